The average molecular weight is 542 g/mol. The van der Waals surface area contributed by atoms with Crippen LogP contribution in [-0.4, -0.2) is 49.7 Å². The van der Waals surface area contributed by atoms with Crippen LogP contribution in [0, 0.1) is 6.92 Å². The van der Waals surface area contributed by atoms with Gasteiger partial charge in [0.05, 0.1) is 0 Å². The zero-order valence-electron chi connectivity index (χ0n) is 22.0. The van der Waals surface area contributed by atoms with Crippen molar-refractivity contribution in [1.82, 2.24) is 29.6 Å². The van der Waals surface area contributed by atoms with Gasteiger partial charge < -0.3 is 14.7 Å². The molecular weight excluding hydrogens is 514 g/mol. The number of benzene rings is 2. The van der Waals surface area contributed by atoms with E-state index in [1.54, 1.807) is 38.4 Å². The van der Waals surface area contributed by atoms with Gasteiger partial charge in [0, 0.05) is 53.0 Å². The molecule has 4 heterocycles. The highest BCUT2D eigenvalue weighted by molar-refractivity contribution is 6.33. The molecule has 0 spiro atoms. The fourth-order valence-electron chi connectivity index (χ4n) is 5.10. The highest BCUT2D eigenvalue weighted by Gasteiger charge is 2.19. The van der Waals surface area contributed by atoms with Gasteiger partial charge in [-0.25, -0.2) is 4.98 Å². The van der Waals surface area contributed by atoms with E-state index in [9.17, 15) is 4.79 Å². The number of aromatic nitrogens is 5. The Morgan fingerprint density at radius 3 is 2.46 bits per heavy atom. The molecule has 5 aromatic rings. The Balaban J connectivity index is 1.26. The molecule has 6 rings (SSSR count). The lowest BCUT2D eigenvalue weighted by molar-refractivity contribution is 0.255. The molecule has 1 aliphatic rings. The zero-order valence-corrected chi connectivity index (χ0v) is 22.7. The molecule has 0 bridgehead atoms. The van der Waals surface area contributed by atoms with Gasteiger partial charge in [0.2, 0.25) is 17.7 Å². The summed E-state index contributed by atoms with van der Waals surface area (Å²) >= 11 is 6.60. The second-order valence-corrected chi connectivity index (χ2v) is 10.5. The lowest BCUT2D eigenvalue weighted by Gasteiger charge is -2.29. The van der Waals surface area contributed by atoms with E-state index in [1.807, 2.05) is 6.07 Å². The van der Waals surface area contributed by atoms with Crippen LogP contribution in [0.25, 0.3) is 33.5 Å². The van der Waals surface area contributed by atoms with Crippen LogP contribution >= 0.6 is 11.6 Å². The second kappa shape index (κ2) is 10.2. The summed E-state index contributed by atoms with van der Waals surface area (Å²) in [7, 11) is 3.88. The normalized spacial score (nSPS) is 14.7. The highest BCUT2D eigenvalue weighted by Crippen LogP contribution is 2.32. The molecule has 0 atom stereocenters. The highest BCUT2D eigenvalue weighted by atomic mass is 35.5. The van der Waals surface area contributed by atoms with Crippen LogP contribution in [0.5, 0.6) is 0 Å². The van der Waals surface area contributed by atoms with Gasteiger partial charge in [-0.05, 0) is 68.7 Å². The van der Waals surface area contributed by atoms with Crippen molar-refractivity contribution < 1.29 is 4.52 Å². The monoisotopic (exact) mass is 541 g/mol. The third-order valence-electron chi connectivity index (χ3n) is 7.35. The summed E-state index contributed by atoms with van der Waals surface area (Å²) in [6, 6.07) is 15.6. The van der Waals surface area contributed by atoms with E-state index in [-0.39, 0.29) is 5.56 Å². The molecule has 0 saturated carbocycles. The SMILES string of the molecule is Cc1nc(-c2ccc(-c3cc4cnc(Nc5ccc(C6CCN(C)CC6)cc5)nc4n(C)c3=O)c(Cl)c2)no1. The number of rotatable bonds is 5. The Morgan fingerprint density at radius 2 is 1.77 bits per heavy atom. The predicted octanol–water partition coefficient (Wildman–Crippen LogP) is 5.56. The van der Waals surface area contributed by atoms with E-state index in [0.717, 1.165) is 24.2 Å². The number of halogens is 1. The molecule has 1 N–H and O–H groups in total. The summed E-state index contributed by atoms with van der Waals surface area (Å²) in [6.07, 6.45) is 4.08. The Labute approximate surface area is 230 Å². The summed E-state index contributed by atoms with van der Waals surface area (Å²) in [4.78, 5) is 29.1. The van der Waals surface area contributed by atoms with Crippen LogP contribution in [0.3, 0.4) is 0 Å². The van der Waals surface area contributed by atoms with Crippen molar-refractivity contribution in [3.05, 3.63) is 81.6 Å². The fourth-order valence-corrected chi connectivity index (χ4v) is 5.38. The topological polar surface area (TPSA) is 102 Å². The maximum absolute atomic E-state index is 13.4. The van der Waals surface area contributed by atoms with E-state index in [1.165, 1.54) is 23.0 Å². The second-order valence-electron chi connectivity index (χ2n) is 10.1. The first-order valence-corrected chi connectivity index (χ1v) is 13.3. The summed E-state index contributed by atoms with van der Waals surface area (Å²) in [5.74, 6) is 1.93. The molecule has 10 heteroatoms. The van der Waals surface area contributed by atoms with Gasteiger partial charge in [-0.3, -0.25) is 9.36 Å². The molecule has 0 radical (unpaired) electrons. The number of pyridine rings is 1. The van der Waals surface area contributed by atoms with Gasteiger partial charge in [0.25, 0.3) is 5.56 Å². The standard InChI is InChI=1S/C29H28ClN7O2/c1-17-32-26(35-39-17)20-6-9-23(25(30)15-20)24-14-21-16-31-29(34-27(21)37(3)28(24)38)33-22-7-4-18(5-8-22)19-10-12-36(2)13-11-19/h4-9,14-16,19H,10-13H2,1-3H3,(H,31,33,34). The Hall–Kier alpha value is -4.08. The quantitative estimate of drug-likeness (QED) is 0.308. The van der Waals surface area contributed by atoms with Crippen molar-refractivity contribution in [1.29, 1.82) is 0 Å². The van der Waals surface area contributed by atoms with E-state index >= 15 is 0 Å². The summed E-state index contributed by atoms with van der Waals surface area (Å²) in [6.45, 7) is 3.99. The van der Waals surface area contributed by atoms with Crippen molar-refractivity contribution in [3.8, 4) is 22.5 Å². The molecule has 9 nitrogen and oxygen atoms in total. The first-order valence-electron chi connectivity index (χ1n) is 12.9. The van der Waals surface area contributed by atoms with Crippen molar-refractivity contribution in [3.63, 3.8) is 0 Å². The van der Waals surface area contributed by atoms with Gasteiger partial charge in [-0.2, -0.15) is 9.97 Å². The zero-order chi connectivity index (χ0) is 27.1. The van der Waals surface area contributed by atoms with Crippen LogP contribution in [0.15, 0.2) is 64.0 Å². The van der Waals surface area contributed by atoms with Gasteiger partial charge in [0.1, 0.15) is 5.65 Å². The maximum Gasteiger partial charge on any atom is 0.259 e. The van der Waals surface area contributed by atoms with Crippen molar-refractivity contribution in [2.45, 2.75) is 25.7 Å². The Bertz CT molecular complexity index is 1720. The molecule has 0 aliphatic carbocycles. The largest absolute Gasteiger partial charge is 0.339 e. The minimum absolute atomic E-state index is 0.209. The smallest absolute Gasteiger partial charge is 0.259 e. The molecule has 1 saturated heterocycles. The van der Waals surface area contributed by atoms with Crippen LogP contribution in [0.2, 0.25) is 5.02 Å². The summed E-state index contributed by atoms with van der Waals surface area (Å²) in [5, 5.41) is 8.34. The molecule has 3 aromatic heterocycles. The third kappa shape index (κ3) is 5.03. The lowest BCUT2D eigenvalue weighted by Crippen LogP contribution is -2.29. The average Bonchev–Trinajstić information content (AvgIpc) is 3.38. The molecular formula is C29H28ClN7O2. The number of aryl methyl sites for hydroxylation is 2. The van der Waals surface area contributed by atoms with Gasteiger partial charge in [-0.1, -0.05) is 41.0 Å². The van der Waals surface area contributed by atoms with Crippen LogP contribution in [0.1, 0.15) is 30.2 Å². The molecule has 2 aromatic carbocycles. The van der Waals surface area contributed by atoms with Gasteiger partial charge in [-0.15, -0.1) is 0 Å². The van der Waals surface area contributed by atoms with Crippen molar-refractivity contribution >= 4 is 34.3 Å². The predicted molar refractivity (Wildman–Crippen MR) is 152 cm³/mol. The number of hydrogen-bond acceptors (Lipinski definition) is 8. The number of nitrogens with zero attached hydrogens (tertiary/aromatic N) is 6. The van der Waals surface area contributed by atoms with Crippen LogP contribution in [0.4, 0.5) is 11.6 Å². The molecule has 1 fully saturated rings. The van der Waals surface area contributed by atoms with E-state index < -0.39 is 0 Å². The summed E-state index contributed by atoms with van der Waals surface area (Å²) < 4.78 is 6.58. The minimum atomic E-state index is -0.209. The molecule has 198 valence electrons. The third-order valence-corrected chi connectivity index (χ3v) is 7.66. The number of hydrogen-bond donors (Lipinski definition) is 1. The van der Waals surface area contributed by atoms with E-state index in [2.05, 4.69) is 61.6 Å². The molecule has 1 aliphatic heterocycles. The van der Waals surface area contributed by atoms with E-state index in [0.29, 0.717) is 50.9 Å². The number of fused-ring (bicyclic) bond motifs is 1. The maximum atomic E-state index is 13.4. The molecule has 0 amide bonds. The molecule has 39 heavy (non-hydrogen) atoms. The summed E-state index contributed by atoms with van der Waals surface area (Å²) in [5.41, 5.74) is 4.35. The van der Waals surface area contributed by atoms with E-state index in [4.69, 9.17) is 16.1 Å². The first kappa shape index (κ1) is 25.2. The lowest BCUT2D eigenvalue weighted by atomic mass is 9.89. The number of nitrogens with one attached hydrogen (secondary N) is 1. The number of anilines is 2. The Kier molecular flexibility index (Phi) is 6.62. The Morgan fingerprint density at radius 1 is 1.00 bits per heavy atom. The number of piperidine rings is 1. The fraction of sp³-hybridized carbons (Fsp3) is 0.276. The van der Waals surface area contributed by atoms with Crippen molar-refractivity contribution in [2.24, 2.45) is 7.05 Å². The van der Waals surface area contributed by atoms with Crippen LogP contribution < -0.4 is 10.9 Å². The molecule has 0 unspecified atom stereocenters. The minimum Gasteiger partial charge on any atom is -0.339 e. The first-order chi connectivity index (χ1) is 18.9. The number of likely N-dealkylation sites (tertiary alicyclic amines) is 1. The van der Waals surface area contributed by atoms with Gasteiger partial charge >= 0.3 is 0 Å². The van der Waals surface area contributed by atoms with Gasteiger partial charge in [0.15, 0.2) is 0 Å². The van der Waals surface area contributed by atoms with Crippen molar-refractivity contribution in [2.75, 3.05) is 25.5 Å². The van der Waals surface area contributed by atoms with Crippen LogP contribution in [-0.2, 0) is 7.05 Å².